The summed E-state index contributed by atoms with van der Waals surface area (Å²) in [5.41, 5.74) is 1.49. The second kappa shape index (κ2) is 5.01. The Morgan fingerprint density at radius 2 is 1.91 bits per heavy atom. The monoisotopic (exact) mass is 300 g/mol. The molecule has 0 fully saturated rings. The molecule has 0 saturated heterocycles. The number of hydrazine groups is 1. The Kier molecular flexibility index (Phi) is 3.15. The molecule has 1 aliphatic rings. The van der Waals surface area contributed by atoms with E-state index in [9.17, 15) is 20.1 Å². The quantitative estimate of drug-likeness (QED) is 0.656. The molecule has 0 radical (unpaired) electrons. The number of hydrogen-bond donors (Lipinski definition) is 2. The molecule has 0 bridgehead atoms. The maximum Gasteiger partial charge on any atom is 0.347 e. The number of nitro benzene ring substituents is 1. The SMILES string of the molecule is Cc1ccc([N+](=O)[O-])cc1N1C(=O)Nc2ccccc2N1O. The third kappa shape index (κ3) is 2.11. The largest absolute Gasteiger partial charge is 0.347 e. The van der Waals surface area contributed by atoms with E-state index in [1.54, 1.807) is 31.2 Å². The minimum atomic E-state index is -0.607. The highest BCUT2D eigenvalue weighted by molar-refractivity contribution is 6.08. The molecule has 0 spiro atoms. The minimum absolute atomic E-state index is 0.166. The molecule has 0 unspecified atom stereocenters. The van der Waals surface area contributed by atoms with Crippen LogP contribution in [-0.4, -0.2) is 16.2 Å². The summed E-state index contributed by atoms with van der Waals surface area (Å²) >= 11 is 0. The minimum Gasteiger partial charge on any atom is -0.304 e. The number of nitro groups is 1. The average molecular weight is 300 g/mol. The van der Waals surface area contributed by atoms with Crippen LogP contribution in [0.3, 0.4) is 0 Å². The fourth-order valence-corrected chi connectivity index (χ4v) is 2.27. The van der Waals surface area contributed by atoms with Gasteiger partial charge in [0.1, 0.15) is 5.69 Å². The molecule has 112 valence electrons. The lowest BCUT2D eigenvalue weighted by molar-refractivity contribution is -0.384. The van der Waals surface area contributed by atoms with Crippen molar-refractivity contribution < 1.29 is 14.9 Å². The van der Waals surface area contributed by atoms with Gasteiger partial charge in [-0.1, -0.05) is 18.2 Å². The molecule has 8 nitrogen and oxygen atoms in total. The lowest BCUT2D eigenvalue weighted by atomic mass is 10.1. The maximum absolute atomic E-state index is 12.2. The van der Waals surface area contributed by atoms with Crippen LogP contribution in [0, 0.1) is 17.0 Å². The highest BCUT2D eigenvalue weighted by Gasteiger charge is 2.32. The Morgan fingerprint density at radius 1 is 1.18 bits per heavy atom. The number of aryl methyl sites for hydroxylation is 1. The number of non-ortho nitro benzene ring substituents is 1. The van der Waals surface area contributed by atoms with Crippen LogP contribution in [0.4, 0.5) is 27.5 Å². The summed E-state index contributed by atoms with van der Waals surface area (Å²) in [6.07, 6.45) is 0. The summed E-state index contributed by atoms with van der Waals surface area (Å²) < 4.78 is 0. The number of para-hydroxylation sites is 2. The fourth-order valence-electron chi connectivity index (χ4n) is 2.27. The van der Waals surface area contributed by atoms with Crippen LogP contribution in [0.5, 0.6) is 0 Å². The van der Waals surface area contributed by atoms with Gasteiger partial charge in [-0.15, -0.1) is 0 Å². The van der Waals surface area contributed by atoms with E-state index in [0.29, 0.717) is 22.1 Å². The van der Waals surface area contributed by atoms with Crippen molar-refractivity contribution in [3.05, 3.63) is 58.1 Å². The number of anilines is 3. The van der Waals surface area contributed by atoms with Gasteiger partial charge < -0.3 is 5.32 Å². The predicted octanol–water partition coefficient (Wildman–Crippen LogP) is 3.07. The fraction of sp³-hybridized carbons (Fsp3) is 0.0714. The Morgan fingerprint density at radius 3 is 2.64 bits per heavy atom. The molecule has 8 heteroatoms. The molecule has 22 heavy (non-hydrogen) atoms. The van der Waals surface area contributed by atoms with Gasteiger partial charge in [0.2, 0.25) is 0 Å². The Labute approximate surface area is 125 Å². The summed E-state index contributed by atoms with van der Waals surface area (Å²) in [5.74, 6) is 0. The van der Waals surface area contributed by atoms with Crippen molar-refractivity contribution in [2.75, 3.05) is 15.5 Å². The topological polar surface area (TPSA) is 99.0 Å². The van der Waals surface area contributed by atoms with Gasteiger partial charge in [0.15, 0.2) is 0 Å². The van der Waals surface area contributed by atoms with E-state index in [4.69, 9.17) is 0 Å². The number of rotatable bonds is 2. The van der Waals surface area contributed by atoms with Crippen molar-refractivity contribution in [2.45, 2.75) is 6.92 Å². The number of amides is 2. The van der Waals surface area contributed by atoms with E-state index < -0.39 is 11.0 Å². The van der Waals surface area contributed by atoms with E-state index in [1.807, 2.05) is 0 Å². The van der Waals surface area contributed by atoms with Crippen molar-refractivity contribution in [1.29, 1.82) is 0 Å². The number of benzene rings is 2. The Bertz CT molecular complexity index is 777. The van der Waals surface area contributed by atoms with Gasteiger partial charge in [-0.25, -0.2) is 4.79 Å². The molecule has 2 amide bonds. The molecular weight excluding hydrogens is 288 g/mol. The second-order valence-electron chi connectivity index (χ2n) is 4.78. The van der Waals surface area contributed by atoms with Gasteiger partial charge in [0, 0.05) is 12.1 Å². The van der Waals surface area contributed by atoms with E-state index in [1.165, 1.54) is 18.2 Å². The molecule has 2 aromatic rings. The van der Waals surface area contributed by atoms with Crippen LogP contribution in [0.2, 0.25) is 0 Å². The van der Waals surface area contributed by atoms with Crippen molar-refractivity contribution in [3.63, 3.8) is 0 Å². The highest BCUT2D eigenvalue weighted by atomic mass is 16.6. The summed E-state index contributed by atoms with van der Waals surface area (Å²) in [7, 11) is 0. The number of carbonyl (C=O) groups is 1. The number of hydrogen-bond acceptors (Lipinski definition) is 5. The zero-order valence-electron chi connectivity index (χ0n) is 11.6. The first-order chi connectivity index (χ1) is 10.5. The summed E-state index contributed by atoms with van der Waals surface area (Å²) in [6.45, 7) is 1.70. The first kappa shape index (κ1) is 13.8. The zero-order chi connectivity index (χ0) is 15.9. The van der Waals surface area contributed by atoms with E-state index >= 15 is 0 Å². The van der Waals surface area contributed by atoms with Gasteiger partial charge in [-0.2, -0.15) is 10.2 Å². The molecule has 3 rings (SSSR count). The summed E-state index contributed by atoms with van der Waals surface area (Å²) in [6, 6.07) is 10.2. The first-order valence-electron chi connectivity index (χ1n) is 6.43. The van der Waals surface area contributed by atoms with Gasteiger partial charge >= 0.3 is 6.03 Å². The second-order valence-corrected chi connectivity index (χ2v) is 4.78. The van der Waals surface area contributed by atoms with Gasteiger partial charge in [0.25, 0.3) is 5.69 Å². The first-order valence-corrected chi connectivity index (χ1v) is 6.43. The van der Waals surface area contributed by atoms with Crippen molar-refractivity contribution in [2.24, 2.45) is 0 Å². The van der Waals surface area contributed by atoms with Crippen molar-refractivity contribution >= 4 is 28.8 Å². The van der Waals surface area contributed by atoms with E-state index in [-0.39, 0.29) is 11.4 Å². The van der Waals surface area contributed by atoms with Crippen LogP contribution in [0.15, 0.2) is 42.5 Å². The predicted molar refractivity (Wildman–Crippen MR) is 80.0 cm³/mol. The number of fused-ring (bicyclic) bond motifs is 1. The summed E-state index contributed by atoms with van der Waals surface area (Å²) in [5, 5.41) is 25.5. The van der Waals surface area contributed by atoms with Gasteiger partial charge in [-0.3, -0.25) is 15.3 Å². The Balaban J connectivity index is 2.11. The molecule has 0 saturated carbocycles. The number of carbonyl (C=O) groups excluding carboxylic acids is 1. The smallest absolute Gasteiger partial charge is 0.304 e. The molecule has 2 N–H and O–H groups in total. The number of nitrogens with zero attached hydrogens (tertiary/aromatic N) is 3. The van der Waals surface area contributed by atoms with Crippen molar-refractivity contribution in [3.8, 4) is 0 Å². The van der Waals surface area contributed by atoms with Crippen LogP contribution < -0.4 is 15.5 Å². The van der Waals surface area contributed by atoms with Gasteiger partial charge in [0.05, 0.1) is 16.3 Å². The van der Waals surface area contributed by atoms with E-state index in [0.717, 1.165) is 5.01 Å². The molecular formula is C14H12N4O4. The van der Waals surface area contributed by atoms with Crippen LogP contribution in [-0.2, 0) is 0 Å². The third-order valence-corrected chi connectivity index (χ3v) is 3.37. The molecule has 1 aliphatic heterocycles. The zero-order valence-corrected chi connectivity index (χ0v) is 11.6. The average Bonchev–Trinajstić information content (AvgIpc) is 2.48. The normalized spacial score (nSPS) is 13.6. The lowest BCUT2D eigenvalue weighted by Crippen LogP contribution is -2.51. The molecule has 0 aromatic heterocycles. The Hall–Kier alpha value is -3.13. The maximum atomic E-state index is 12.2. The standard InChI is InChI=1S/C14H12N4O4/c1-9-6-7-10(18(21)22)8-13(9)16-14(19)15-11-4-2-3-5-12(11)17(16)20/h2-8,20H,1H3,(H,15,19). The summed E-state index contributed by atoms with van der Waals surface area (Å²) in [4.78, 5) is 22.6. The molecule has 0 atom stereocenters. The highest BCUT2D eigenvalue weighted by Crippen LogP contribution is 2.35. The van der Waals surface area contributed by atoms with Crippen LogP contribution in [0.25, 0.3) is 0 Å². The molecule has 0 aliphatic carbocycles. The molecule has 2 aromatic carbocycles. The lowest BCUT2D eigenvalue weighted by Gasteiger charge is -2.36. The van der Waals surface area contributed by atoms with Crippen molar-refractivity contribution in [1.82, 2.24) is 0 Å². The van der Waals surface area contributed by atoms with Crippen LogP contribution >= 0.6 is 0 Å². The van der Waals surface area contributed by atoms with Gasteiger partial charge in [-0.05, 0) is 24.6 Å². The van der Waals surface area contributed by atoms with E-state index in [2.05, 4.69) is 5.32 Å². The van der Waals surface area contributed by atoms with Crippen LogP contribution in [0.1, 0.15) is 5.56 Å². The number of urea groups is 1. The number of nitrogens with one attached hydrogen (secondary N) is 1. The molecule has 1 heterocycles. The third-order valence-electron chi connectivity index (χ3n) is 3.37.